The highest BCUT2D eigenvalue weighted by Gasteiger charge is 2.26. The fraction of sp³-hybridized carbons (Fsp3) is 0.900. The standard InChI is InChI=1S/C10H20N2O2/c1-8-5-3-4-6-12(8)10(13)9(11)7-14-2/h8-9H,3-7,11H2,1-2H3. The zero-order valence-electron chi connectivity index (χ0n) is 9.03. The third-order valence-electron chi connectivity index (χ3n) is 2.75. The van der Waals surface area contributed by atoms with Crippen LogP contribution in [-0.4, -0.2) is 43.2 Å². The maximum absolute atomic E-state index is 11.8. The fourth-order valence-electron chi connectivity index (χ4n) is 1.89. The molecule has 1 rings (SSSR count). The van der Waals surface area contributed by atoms with Gasteiger partial charge in [0, 0.05) is 19.7 Å². The fourth-order valence-corrected chi connectivity index (χ4v) is 1.89. The van der Waals surface area contributed by atoms with E-state index < -0.39 is 6.04 Å². The minimum Gasteiger partial charge on any atom is -0.383 e. The maximum Gasteiger partial charge on any atom is 0.242 e. The number of carbonyl (C=O) groups excluding carboxylic acids is 1. The summed E-state index contributed by atoms with van der Waals surface area (Å²) in [6.45, 7) is 3.23. The van der Waals surface area contributed by atoms with Gasteiger partial charge in [-0.2, -0.15) is 0 Å². The summed E-state index contributed by atoms with van der Waals surface area (Å²) in [6.07, 6.45) is 3.39. The number of hydrogen-bond acceptors (Lipinski definition) is 3. The number of nitrogens with zero attached hydrogens (tertiary/aromatic N) is 1. The Labute approximate surface area is 85.4 Å². The highest BCUT2D eigenvalue weighted by Crippen LogP contribution is 2.16. The van der Waals surface area contributed by atoms with E-state index in [1.807, 2.05) is 4.90 Å². The third-order valence-corrected chi connectivity index (χ3v) is 2.75. The Kier molecular flexibility index (Phi) is 4.35. The van der Waals surface area contributed by atoms with E-state index in [0.717, 1.165) is 19.4 Å². The molecule has 1 aliphatic heterocycles. The van der Waals surface area contributed by atoms with Crippen molar-refractivity contribution in [3.8, 4) is 0 Å². The Morgan fingerprint density at radius 1 is 1.64 bits per heavy atom. The first-order chi connectivity index (χ1) is 6.66. The summed E-state index contributed by atoms with van der Waals surface area (Å²) in [5.74, 6) is 0.0269. The van der Waals surface area contributed by atoms with Crippen molar-refractivity contribution in [2.75, 3.05) is 20.3 Å². The van der Waals surface area contributed by atoms with Gasteiger partial charge in [-0.3, -0.25) is 4.79 Å². The highest BCUT2D eigenvalue weighted by atomic mass is 16.5. The second kappa shape index (κ2) is 5.32. The van der Waals surface area contributed by atoms with Gasteiger partial charge in [-0.25, -0.2) is 0 Å². The van der Waals surface area contributed by atoms with Gasteiger partial charge >= 0.3 is 0 Å². The van der Waals surface area contributed by atoms with Crippen molar-refractivity contribution in [3.63, 3.8) is 0 Å². The number of hydrogen-bond donors (Lipinski definition) is 1. The summed E-state index contributed by atoms with van der Waals surface area (Å²) < 4.78 is 4.88. The number of likely N-dealkylation sites (tertiary alicyclic amines) is 1. The number of piperidine rings is 1. The van der Waals surface area contributed by atoms with Crippen molar-refractivity contribution in [1.82, 2.24) is 4.90 Å². The molecule has 82 valence electrons. The lowest BCUT2D eigenvalue weighted by Gasteiger charge is -2.35. The first-order valence-electron chi connectivity index (χ1n) is 5.21. The van der Waals surface area contributed by atoms with E-state index in [0.29, 0.717) is 12.6 Å². The third kappa shape index (κ3) is 2.69. The van der Waals surface area contributed by atoms with Crippen molar-refractivity contribution in [1.29, 1.82) is 0 Å². The van der Waals surface area contributed by atoms with Crippen LogP contribution >= 0.6 is 0 Å². The Bertz CT molecular complexity index is 197. The van der Waals surface area contributed by atoms with E-state index in [-0.39, 0.29) is 5.91 Å². The molecular formula is C10H20N2O2. The predicted octanol–water partition coefficient (Wildman–Crippen LogP) is 0.361. The van der Waals surface area contributed by atoms with Crippen molar-refractivity contribution in [3.05, 3.63) is 0 Å². The molecule has 2 unspecified atom stereocenters. The maximum atomic E-state index is 11.8. The van der Waals surface area contributed by atoms with Crippen molar-refractivity contribution in [2.24, 2.45) is 5.73 Å². The largest absolute Gasteiger partial charge is 0.383 e. The Balaban J connectivity index is 2.49. The van der Waals surface area contributed by atoms with Crippen LogP contribution in [0.4, 0.5) is 0 Å². The lowest BCUT2D eigenvalue weighted by atomic mass is 10.0. The second-order valence-corrected chi connectivity index (χ2v) is 3.94. The van der Waals surface area contributed by atoms with E-state index in [9.17, 15) is 4.79 Å². The zero-order chi connectivity index (χ0) is 10.6. The minimum atomic E-state index is -0.499. The SMILES string of the molecule is COCC(N)C(=O)N1CCCCC1C. The van der Waals surface area contributed by atoms with Gasteiger partial charge < -0.3 is 15.4 Å². The molecule has 0 aliphatic carbocycles. The van der Waals surface area contributed by atoms with Crippen molar-refractivity contribution >= 4 is 5.91 Å². The van der Waals surface area contributed by atoms with E-state index in [4.69, 9.17) is 10.5 Å². The predicted molar refractivity (Wildman–Crippen MR) is 54.9 cm³/mol. The van der Waals surface area contributed by atoms with Gasteiger partial charge in [-0.1, -0.05) is 0 Å². The lowest BCUT2D eigenvalue weighted by molar-refractivity contribution is -0.137. The van der Waals surface area contributed by atoms with Gasteiger partial charge in [-0.15, -0.1) is 0 Å². The summed E-state index contributed by atoms with van der Waals surface area (Å²) in [7, 11) is 1.56. The molecule has 0 aromatic rings. The summed E-state index contributed by atoms with van der Waals surface area (Å²) in [4.78, 5) is 13.7. The van der Waals surface area contributed by atoms with Crippen LogP contribution in [0, 0.1) is 0 Å². The van der Waals surface area contributed by atoms with Gasteiger partial charge in [0.1, 0.15) is 6.04 Å². The molecule has 2 atom stereocenters. The summed E-state index contributed by atoms with van der Waals surface area (Å²) >= 11 is 0. The van der Waals surface area contributed by atoms with E-state index in [1.54, 1.807) is 7.11 Å². The van der Waals surface area contributed by atoms with Crippen LogP contribution in [0.15, 0.2) is 0 Å². The van der Waals surface area contributed by atoms with E-state index in [1.165, 1.54) is 6.42 Å². The molecule has 0 spiro atoms. The molecule has 2 N–H and O–H groups in total. The molecule has 1 aliphatic rings. The van der Waals surface area contributed by atoms with Crippen LogP contribution in [0.3, 0.4) is 0 Å². The van der Waals surface area contributed by atoms with Gasteiger partial charge in [0.15, 0.2) is 0 Å². The average Bonchev–Trinajstić information content (AvgIpc) is 2.18. The highest BCUT2D eigenvalue weighted by molar-refractivity contribution is 5.82. The van der Waals surface area contributed by atoms with E-state index >= 15 is 0 Å². The molecule has 0 bridgehead atoms. The van der Waals surface area contributed by atoms with Crippen LogP contribution in [-0.2, 0) is 9.53 Å². The molecule has 0 aromatic heterocycles. The number of carbonyl (C=O) groups is 1. The monoisotopic (exact) mass is 200 g/mol. The Hall–Kier alpha value is -0.610. The Morgan fingerprint density at radius 3 is 2.93 bits per heavy atom. The number of amides is 1. The molecule has 14 heavy (non-hydrogen) atoms. The zero-order valence-corrected chi connectivity index (χ0v) is 9.03. The molecule has 1 heterocycles. The molecule has 4 heteroatoms. The molecular weight excluding hydrogens is 180 g/mol. The lowest BCUT2D eigenvalue weighted by Crippen LogP contribution is -2.51. The molecule has 4 nitrogen and oxygen atoms in total. The first-order valence-corrected chi connectivity index (χ1v) is 5.21. The van der Waals surface area contributed by atoms with Crippen LogP contribution < -0.4 is 5.73 Å². The minimum absolute atomic E-state index is 0.0269. The normalized spacial score (nSPS) is 24.8. The molecule has 1 fully saturated rings. The van der Waals surface area contributed by atoms with Gasteiger partial charge in [-0.05, 0) is 26.2 Å². The smallest absolute Gasteiger partial charge is 0.242 e. The first kappa shape index (κ1) is 11.5. The van der Waals surface area contributed by atoms with Crippen LogP contribution in [0.5, 0.6) is 0 Å². The summed E-state index contributed by atoms with van der Waals surface area (Å²) in [5.41, 5.74) is 5.70. The van der Waals surface area contributed by atoms with Gasteiger partial charge in [0.25, 0.3) is 0 Å². The molecule has 1 amide bonds. The van der Waals surface area contributed by atoms with E-state index in [2.05, 4.69) is 6.92 Å². The van der Waals surface area contributed by atoms with Crippen molar-refractivity contribution in [2.45, 2.75) is 38.3 Å². The number of nitrogens with two attached hydrogens (primary N) is 1. The summed E-state index contributed by atoms with van der Waals surface area (Å²) in [6, 6.07) is -0.167. The molecule has 0 radical (unpaired) electrons. The quantitative estimate of drug-likeness (QED) is 0.715. The average molecular weight is 200 g/mol. The second-order valence-electron chi connectivity index (χ2n) is 3.94. The van der Waals surface area contributed by atoms with Crippen LogP contribution in [0.2, 0.25) is 0 Å². The number of methoxy groups -OCH3 is 1. The molecule has 0 aromatic carbocycles. The van der Waals surface area contributed by atoms with Crippen LogP contribution in [0.25, 0.3) is 0 Å². The number of ether oxygens (including phenoxy) is 1. The van der Waals surface area contributed by atoms with Gasteiger partial charge in [0.05, 0.1) is 6.61 Å². The number of rotatable bonds is 3. The molecule has 0 saturated carbocycles. The summed E-state index contributed by atoms with van der Waals surface area (Å²) in [5, 5.41) is 0. The Morgan fingerprint density at radius 2 is 2.36 bits per heavy atom. The van der Waals surface area contributed by atoms with Crippen LogP contribution in [0.1, 0.15) is 26.2 Å². The topological polar surface area (TPSA) is 55.6 Å². The van der Waals surface area contributed by atoms with Crippen molar-refractivity contribution < 1.29 is 9.53 Å². The van der Waals surface area contributed by atoms with Gasteiger partial charge in [0.2, 0.25) is 5.91 Å². The molecule has 1 saturated heterocycles.